The number of rotatable bonds is 6. The predicted octanol–water partition coefficient (Wildman–Crippen LogP) is 6.87. The van der Waals surface area contributed by atoms with Crippen molar-refractivity contribution in [2.24, 2.45) is 0 Å². The van der Waals surface area contributed by atoms with Crippen LogP contribution in [-0.2, 0) is 16.6 Å². The van der Waals surface area contributed by atoms with Crippen molar-refractivity contribution in [3.05, 3.63) is 59.7 Å². The Morgan fingerprint density at radius 3 is 1.96 bits per heavy atom. The predicted molar refractivity (Wildman–Crippen MR) is 116 cm³/mol. The number of amides is 1. The lowest BCUT2D eigenvalue weighted by molar-refractivity contribution is 0.137. The van der Waals surface area contributed by atoms with Gasteiger partial charge in [0, 0.05) is 11.9 Å². The molecule has 1 heterocycles. The first-order valence-electron chi connectivity index (χ1n) is 9.42. The van der Waals surface area contributed by atoms with E-state index in [2.05, 4.69) is 66.2 Å². The molecule has 1 unspecified atom stereocenters. The third-order valence-corrected chi connectivity index (χ3v) is 4.21. The summed E-state index contributed by atoms with van der Waals surface area (Å²) in [6, 6.07) is 8.23. The average molecular weight is 424 g/mol. The van der Waals surface area contributed by atoms with Crippen molar-refractivity contribution in [2.75, 3.05) is 6.54 Å². The summed E-state index contributed by atoms with van der Waals surface area (Å²) in [6.07, 6.45) is 10.7. The van der Waals surface area contributed by atoms with Gasteiger partial charge in [-0.1, -0.05) is 78.3 Å². The van der Waals surface area contributed by atoms with Crippen molar-refractivity contribution in [1.29, 1.82) is 0 Å². The highest BCUT2D eigenvalue weighted by Gasteiger charge is 2.27. The second-order valence-electron chi connectivity index (χ2n) is 5.74. The number of hydrogen-bond donors (Lipinski definition) is 0. The van der Waals surface area contributed by atoms with Gasteiger partial charge >= 0.3 is 6.09 Å². The lowest BCUT2D eigenvalue weighted by Gasteiger charge is -2.12. The van der Waals surface area contributed by atoms with Gasteiger partial charge in [-0.05, 0) is 44.7 Å². The number of unbranched alkanes of at least 4 members (excludes halogenated alkanes) is 1. The molecule has 1 aliphatic heterocycles. The fourth-order valence-electron chi connectivity index (χ4n) is 2.28. The minimum absolute atomic E-state index is 0.00863. The highest BCUT2D eigenvalue weighted by Crippen LogP contribution is 2.15. The van der Waals surface area contributed by atoms with Crippen molar-refractivity contribution in [2.45, 2.75) is 65.4 Å². The molecule has 0 N–H and O–H groups in total. The smallest absolute Gasteiger partial charge is 0.410 e. The Balaban J connectivity index is 0.000000533. The van der Waals surface area contributed by atoms with E-state index in [1.165, 1.54) is 18.4 Å². The Bertz CT molecular complexity index is 526. The fourth-order valence-corrected chi connectivity index (χ4v) is 2.65. The molecule has 4 heteroatoms. The van der Waals surface area contributed by atoms with E-state index in [0.29, 0.717) is 13.1 Å². The van der Waals surface area contributed by atoms with E-state index in [9.17, 15) is 4.79 Å². The number of benzene rings is 1. The minimum atomic E-state index is -0.211. The SMILES string of the molecule is C/C=C\CC/C=C\C.CC.CC1CN(Cc2ccc(CBr)cc2)C(=O)O1. The van der Waals surface area contributed by atoms with E-state index in [1.807, 2.05) is 32.9 Å². The molecule has 0 radical (unpaired) electrons. The molecule has 1 saturated heterocycles. The van der Waals surface area contributed by atoms with Crippen LogP contribution in [0, 0.1) is 0 Å². The molecule has 0 spiro atoms. The van der Waals surface area contributed by atoms with Gasteiger partial charge in [0.25, 0.3) is 0 Å². The van der Waals surface area contributed by atoms with Crippen molar-refractivity contribution >= 4 is 22.0 Å². The Kier molecular flexibility index (Phi) is 14.8. The molecule has 1 aliphatic rings. The number of alkyl halides is 1. The molecule has 1 aromatic carbocycles. The number of hydrogen-bond acceptors (Lipinski definition) is 2. The van der Waals surface area contributed by atoms with Gasteiger partial charge in [0.2, 0.25) is 0 Å². The summed E-state index contributed by atoms with van der Waals surface area (Å²) in [5.74, 6) is 0. The summed E-state index contributed by atoms with van der Waals surface area (Å²) in [4.78, 5) is 13.1. The third-order valence-electron chi connectivity index (χ3n) is 3.56. The maximum absolute atomic E-state index is 11.4. The number of allylic oxidation sites excluding steroid dienone is 4. The molecular formula is C22H34BrNO2. The zero-order valence-corrected chi connectivity index (χ0v) is 18.5. The van der Waals surface area contributed by atoms with Crippen LogP contribution in [0.3, 0.4) is 0 Å². The zero-order valence-electron chi connectivity index (χ0n) is 16.9. The molecule has 2 rings (SSSR count). The van der Waals surface area contributed by atoms with E-state index in [1.54, 1.807) is 4.90 Å². The van der Waals surface area contributed by atoms with Crippen molar-refractivity contribution in [1.82, 2.24) is 4.90 Å². The fraction of sp³-hybridized carbons (Fsp3) is 0.500. The molecule has 1 amide bonds. The standard InChI is InChI=1S/C12H14BrNO2.C8H14.C2H6/c1-9-7-14(12(15)16-9)8-11-4-2-10(6-13)3-5-11;1-3-5-7-8-6-4-2;1-2/h2-5,9H,6-8H2,1H3;3-6H,7-8H2,1-2H3;1-2H3/b;5-3-,6-4-;. The van der Waals surface area contributed by atoms with Gasteiger partial charge in [0.15, 0.2) is 0 Å². The molecule has 0 aromatic heterocycles. The summed E-state index contributed by atoms with van der Waals surface area (Å²) < 4.78 is 5.07. The number of carbonyl (C=O) groups is 1. The van der Waals surface area contributed by atoms with E-state index in [4.69, 9.17) is 4.74 Å². The van der Waals surface area contributed by atoms with Gasteiger partial charge in [-0.3, -0.25) is 0 Å². The highest BCUT2D eigenvalue weighted by atomic mass is 79.9. The summed E-state index contributed by atoms with van der Waals surface area (Å²) in [6.45, 7) is 11.3. The van der Waals surface area contributed by atoms with Crippen LogP contribution >= 0.6 is 15.9 Å². The third kappa shape index (κ3) is 10.4. The van der Waals surface area contributed by atoms with E-state index >= 15 is 0 Å². The van der Waals surface area contributed by atoms with E-state index in [-0.39, 0.29) is 12.2 Å². The summed E-state index contributed by atoms with van der Waals surface area (Å²) in [7, 11) is 0. The normalized spacial score (nSPS) is 16.2. The molecule has 146 valence electrons. The number of halogens is 1. The largest absolute Gasteiger partial charge is 0.444 e. The second kappa shape index (κ2) is 15.7. The monoisotopic (exact) mass is 423 g/mol. The number of carbonyl (C=O) groups excluding carboxylic acids is 1. The van der Waals surface area contributed by atoms with Crippen LogP contribution in [0.5, 0.6) is 0 Å². The lowest BCUT2D eigenvalue weighted by atomic mass is 10.1. The topological polar surface area (TPSA) is 29.5 Å². The number of cyclic esters (lactones) is 1. The number of nitrogens with zero attached hydrogens (tertiary/aromatic N) is 1. The van der Waals surface area contributed by atoms with Gasteiger partial charge in [-0.15, -0.1) is 0 Å². The van der Waals surface area contributed by atoms with Crippen LogP contribution in [0.25, 0.3) is 0 Å². The van der Waals surface area contributed by atoms with Crippen LogP contribution < -0.4 is 0 Å². The maximum Gasteiger partial charge on any atom is 0.410 e. The second-order valence-corrected chi connectivity index (χ2v) is 6.30. The summed E-state index contributed by atoms with van der Waals surface area (Å²) >= 11 is 3.40. The van der Waals surface area contributed by atoms with Gasteiger partial charge < -0.3 is 9.64 Å². The van der Waals surface area contributed by atoms with Crippen LogP contribution in [0.1, 0.15) is 58.6 Å². The van der Waals surface area contributed by atoms with Crippen LogP contribution in [0.15, 0.2) is 48.6 Å². The zero-order chi connectivity index (χ0) is 19.8. The van der Waals surface area contributed by atoms with E-state index in [0.717, 1.165) is 10.9 Å². The van der Waals surface area contributed by atoms with Gasteiger partial charge in [-0.2, -0.15) is 0 Å². The van der Waals surface area contributed by atoms with Crippen LogP contribution in [0.2, 0.25) is 0 Å². The minimum Gasteiger partial charge on any atom is -0.444 e. The molecule has 0 aliphatic carbocycles. The Morgan fingerprint density at radius 2 is 1.58 bits per heavy atom. The average Bonchev–Trinajstić information content (AvgIpc) is 2.99. The van der Waals surface area contributed by atoms with Crippen LogP contribution in [-0.4, -0.2) is 23.6 Å². The first kappa shape index (κ1) is 24.5. The highest BCUT2D eigenvalue weighted by molar-refractivity contribution is 9.08. The molecule has 0 bridgehead atoms. The first-order valence-corrected chi connectivity index (χ1v) is 10.5. The Labute approximate surface area is 168 Å². The molecule has 1 aromatic rings. The quantitative estimate of drug-likeness (QED) is 0.283. The molecule has 3 nitrogen and oxygen atoms in total. The molecule has 1 atom stereocenters. The van der Waals surface area contributed by atoms with Gasteiger partial charge in [0.05, 0.1) is 6.54 Å². The van der Waals surface area contributed by atoms with Gasteiger partial charge in [-0.25, -0.2) is 4.79 Å². The molecule has 0 saturated carbocycles. The van der Waals surface area contributed by atoms with Crippen LogP contribution in [0.4, 0.5) is 4.79 Å². The van der Waals surface area contributed by atoms with Crippen molar-refractivity contribution < 1.29 is 9.53 Å². The Hall–Kier alpha value is -1.55. The van der Waals surface area contributed by atoms with Crippen molar-refractivity contribution in [3.63, 3.8) is 0 Å². The molecular weight excluding hydrogens is 390 g/mol. The van der Waals surface area contributed by atoms with Gasteiger partial charge in [0.1, 0.15) is 6.10 Å². The Morgan fingerprint density at radius 1 is 1.08 bits per heavy atom. The van der Waals surface area contributed by atoms with E-state index < -0.39 is 0 Å². The molecule has 1 fully saturated rings. The van der Waals surface area contributed by atoms with Crippen molar-refractivity contribution in [3.8, 4) is 0 Å². The summed E-state index contributed by atoms with van der Waals surface area (Å²) in [5, 5.41) is 0.857. The number of ether oxygens (including phenoxy) is 1. The molecule has 26 heavy (non-hydrogen) atoms. The summed E-state index contributed by atoms with van der Waals surface area (Å²) in [5.41, 5.74) is 2.37. The maximum atomic E-state index is 11.4. The first-order chi connectivity index (χ1) is 12.6. The lowest BCUT2D eigenvalue weighted by Crippen LogP contribution is -2.24.